The van der Waals surface area contributed by atoms with Gasteiger partial charge < -0.3 is 19.5 Å². The number of benzene rings is 1. The van der Waals surface area contributed by atoms with Gasteiger partial charge in [0.1, 0.15) is 5.75 Å². The molecule has 0 saturated carbocycles. The van der Waals surface area contributed by atoms with E-state index in [2.05, 4.69) is 15.9 Å². The molecule has 1 fully saturated rings. The van der Waals surface area contributed by atoms with Crippen LogP contribution >= 0.6 is 15.9 Å². The largest absolute Gasteiger partial charge is 0.481 e. The number of nitrogens with zero attached hydrogens (tertiary/aromatic N) is 1. The summed E-state index contributed by atoms with van der Waals surface area (Å²) in [6, 6.07) is 6.77. The van der Waals surface area contributed by atoms with Crippen molar-refractivity contribution in [2.75, 3.05) is 19.8 Å². The van der Waals surface area contributed by atoms with Crippen LogP contribution in [0.15, 0.2) is 28.7 Å². The Balaban J connectivity index is 2.02. The lowest BCUT2D eigenvalue weighted by molar-refractivity contribution is -0.150. The highest BCUT2D eigenvalue weighted by molar-refractivity contribution is 9.10. The van der Waals surface area contributed by atoms with Crippen LogP contribution in [0.4, 0.5) is 0 Å². The fraction of sp³-hybridized carbons (Fsp3) is 0.467. The molecule has 22 heavy (non-hydrogen) atoms. The van der Waals surface area contributed by atoms with Crippen LogP contribution < -0.4 is 4.74 Å². The van der Waals surface area contributed by atoms with Crippen molar-refractivity contribution < 1.29 is 24.2 Å². The van der Waals surface area contributed by atoms with Crippen molar-refractivity contribution in [3.8, 4) is 5.75 Å². The van der Waals surface area contributed by atoms with Crippen LogP contribution in [-0.2, 0) is 14.3 Å². The third-order valence-electron chi connectivity index (χ3n) is 3.38. The van der Waals surface area contributed by atoms with E-state index in [9.17, 15) is 9.59 Å². The Hall–Kier alpha value is -1.60. The average Bonchev–Trinajstić information content (AvgIpc) is 2.46. The zero-order valence-electron chi connectivity index (χ0n) is 12.2. The molecule has 2 rings (SSSR count). The molecule has 0 aromatic heterocycles. The molecular formula is C15H18BrNO5. The summed E-state index contributed by atoms with van der Waals surface area (Å²) in [6.07, 6.45) is -0.821. The Morgan fingerprint density at radius 1 is 1.55 bits per heavy atom. The predicted octanol–water partition coefficient (Wildman–Crippen LogP) is 1.92. The summed E-state index contributed by atoms with van der Waals surface area (Å²) >= 11 is 3.35. The smallest absolute Gasteiger partial charge is 0.305 e. The number of rotatable bonds is 5. The highest BCUT2D eigenvalue weighted by Crippen LogP contribution is 2.20. The van der Waals surface area contributed by atoms with Gasteiger partial charge in [0.2, 0.25) is 0 Å². The first-order valence-corrected chi connectivity index (χ1v) is 7.79. The summed E-state index contributed by atoms with van der Waals surface area (Å²) in [5.41, 5.74) is 0. The number of carboxylic acids is 1. The van der Waals surface area contributed by atoms with Crippen LogP contribution in [-0.4, -0.2) is 53.8 Å². The van der Waals surface area contributed by atoms with E-state index in [1.807, 2.05) is 12.1 Å². The molecule has 1 aromatic carbocycles. The van der Waals surface area contributed by atoms with Gasteiger partial charge in [0.25, 0.3) is 5.91 Å². The molecule has 7 heteroatoms. The maximum absolute atomic E-state index is 12.5. The first-order chi connectivity index (χ1) is 10.5. The molecule has 1 saturated heterocycles. The molecule has 120 valence electrons. The summed E-state index contributed by atoms with van der Waals surface area (Å²) in [5, 5.41) is 8.94. The van der Waals surface area contributed by atoms with Gasteiger partial charge in [-0.1, -0.05) is 22.0 Å². The van der Waals surface area contributed by atoms with E-state index in [1.54, 1.807) is 24.0 Å². The molecule has 0 aliphatic carbocycles. The molecule has 1 aliphatic rings. The van der Waals surface area contributed by atoms with Crippen LogP contribution in [0.2, 0.25) is 0 Å². The second-order valence-electron chi connectivity index (χ2n) is 5.08. The summed E-state index contributed by atoms with van der Waals surface area (Å²) in [5.74, 6) is -0.596. The Morgan fingerprint density at radius 3 is 3.00 bits per heavy atom. The fourth-order valence-electron chi connectivity index (χ4n) is 2.34. The number of halogens is 1. The minimum Gasteiger partial charge on any atom is -0.481 e. The van der Waals surface area contributed by atoms with Crippen molar-refractivity contribution in [3.63, 3.8) is 0 Å². The maximum atomic E-state index is 12.5. The third kappa shape index (κ3) is 4.45. The summed E-state index contributed by atoms with van der Waals surface area (Å²) in [4.78, 5) is 25.0. The minimum absolute atomic E-state index is 0.130. The number of amides is 1. The Kier molecular flexibility index (Phi) is 5.79. The van der Waals surface area contributed by atoms with Gasteiger partial charge in [-0.15, -0.1) is 0 Å². The van der Waals surface area contributed by atoms with Gasteiger partial charge in [0.15, 0.2) is 6.10 Å². The average molecular weight is 372 g/mol. The van der Waals surface area contributed by atoms with Gasteiger partial charge in [0, 0.05) is 11.0 Å². The first kappa shape index (κ1) is 16.8. The van der Waals surface area contributed by atoms with Crippen molar-refractivity contribution in [2.24, 2.45) is 0 Å². The topological polar surface area (TPSA) is 76.1 Å². The molecule has 1 aromatic rings. The van der Waals surface area contributed by atoms with E-state index in [4.69, 9.17) is 14.6 Å². The zero-order chi connectivity index (χ0) is 16.1. The molecule has 1 N–H and O–H groups in total. The highest BCUT2D eigenvalue weighted by atomic mass is 79.9. The van der Waals surface area contributed by atoms with Gasteiger partial charge in [0.05, 0.1) is 25.7 Å². The standard InChI is InChI=1S/C15H18BrNO5/c1-10(22-13-4-2-3-11(16)7-13)15(20)17-5-6-21-9-12(17)8-14(18)19/h2-4,7,10,12H,5-6,8-9H2,1H3,(H,18,19). The van der Waals surface area contributed by atoms with Crippen molar-refractivity contribution in [1.82, 2.24) is 4.90 Å². The van der Waals surface area contributed by atoms with E-state index >= 15 is 0 Å². The second kappa shape index (κ2) is 7.60. The molecule has 2 atom stereocenters. The molecule has 1 aliphatic heterocycles. The number of carboxylic acid groups (broad SMARTS) is 1. The number of aliphatic carboxylic acids is 1. The molecule has 0 radical (unpaired) electrons. The first-order valence-electron chi connectivity index (χ1n) is 6.99. The van der Waals surface area contributed by atoms with Crippen LogP contribution in [0.25, 0.3) is 0 Å². The Bertz CT molecular complexity index is 550. The quantitative estimate of drug-likeness (QED) is 0.855. The van der Waals surface area contributed by atoms with Crippen LogP contribution in [0, 0.1) is 0 Å². The lowest BCUT2D eigenvalue weighted by Crippen LogP contribution is -2.53. The molecule has 1 heterocycles. The SMILES string of the molecule is CC(Oc1cccc(Br)c1)C(=O)N1CCOCC1CC(=O)O. The van der Waals surface area contributed by atoms with Gasteiger partial charge >= 0.3 is 5.97 Å². The normalized spacial score (nSPS) is 19.5. The van der Waals surface area contributed by atoms with Gasteiger partial charge in [-0.3, -0.25) is 9.59 Å². The van der Waals surface area contributed by atoms with Gasteiger partial charge in [-0.25, -0.2) is 0 Å². The van der Waals surface area contributed by atoms with E-state index in [0.717, 1.165) is 4.47 Å². The number of carbonyl (C=O) groups is 2. The predicted molar refractivity (Wildman–Crippen MR) is 82.8 cm³/mol. The number of morpholine rings is 1. The lowest BCUT2D eigenvalue weighted by atomic mass is 10.1. The summed E-state index contributed by atoms with van der Waals surface area (Å²) in [7, 11) is 0. The number of carbonyl (C=O) groups excluding carboxylic acids is 1. The Morgan fingerprint density at radius 2 is 2.32 bits per heavy atom. The van der Waals surface area contributed by atoms with E-state index in [-0.39, 0.29) is 18.9 Å². The van der Waals surface area contributed by atoms with Crippen molar-refractivity contribution in [1.29, 1.82) is 0 Å². The summed E-state index contributed by atoms with van der Waals surface area (Å²) < 4.78 is 11.8. The molecule has 6 nitrogen and oxygen atoms in total. The van der Waals surface area contributed by atoms with Crippen molar-refractivity contribution in [3.05, 3.63) is 28.7 Å². The molecule has 0 bridgehead atoms. The number of hydrogen-bond donors (Lipinski definition) is 1. The summed E-state index contributed by atoms with van der Waals surface area (Å²) in [6.45, 7) is 2.69. The van der Waals surface area contributed by atoms with Gasteiger partial charge in [-0.05, 0) is 25.1 Å². The monoisotopic (exact) mass is 371 g/mol. The third-order valence-corrected chi connectivity index (χ3v) is 3.87. The van der Waals surface area contributed by atoms with Crippen molar-refractivity contribution >= 4 is 27.8 Å². The minimum atomic E-state index is -0.950. The number of hydrogen-bond acceptors (Lipinski definition) is 4. The van der Waals surface area contributed by atoms with Gasteiger partial charge in [-0.2, -0.15) is 0 Å². The van der Waals surface area contributed by atoms with E-state index < -0.39 is 18.1 Å². The molecule has 2 unspecified atom stereocenters. The molecule has 1 amide bonds. The van der Waals surface area contributed by atoms with Crippen LogP contribution in [0.5, 0.6) is 5.75 Å². The lowest BCUT2D eigenvalue weighted by Gasteiger charge is -2.36. The zero-order valence-corrected chi connectivity index (χ0v) is 13.8. The molecule has 0 spiro atoms. The maximum Gasteiger partial charge on any atom is 0.305 e. The van der Waals surface area contributed by atoms with Crippen molar-refractivity contribution in [2.45, 2.75) is 25.5 Å². The van der Waals surface area contributed by atoms with E-state index in [1.165, 1.54) is 0 Å². The fourth-order valence-corrected chi connectivity index (χ4v) is 2.72. The van der Waals surface area contributed by atoms with Crippen LogP contribution in [0.1, 0.15) is 13.3 Å². The highest BCUT2D eigenvalue weighted by Gasteiger charge is 2.32. The van der Waals surface area contributed by atoms with Crippen LogP contribution in [0.3, 0.4) is 0 Å². The second-order valence-corrected chi connectivity index (χ2v) is 5.99. The Labute approximate surface area is 137 Å². The van der Waals surface area contributed by atoms with E-state index in [0.29, 0.717) is 18.9 Å². The molecular weight excluding hydrogens is 354 g/mol. The number of ether oxygens (including phenoxy) is 2.